The van der Waals surface area contributed by atoms with Crippen LogP contribution >= 0.6 is 0 Å². The molecule has 24 rings (SSSR count). The summed E-state index contributed by atoms with van der Waals surface area (Å²) in [6.45, 7) is 0.175. The number of hydrogen-bond acceptors (Lipinski definition) is 5. The Bertz CT molecular complexity index is 7170. The van der Waals surface area contributed by atoms with E-state index in [1.165, 1.54) is 142 Å². The zero-order valence-electron chi connectivity index (χ0n) is 57.8. The van der Waals surface area contributed by atoms with Crippen molar-refractivity contribution in [2.75, 3.05) is 0 Å². The molecule has 0 atom stereocenters. The second-order valence-electron chi connectivity index (χ2n) is 27.9. The van der Waals surface area contributed by atoms with Crippen LogP contribution in [0.2, 0.25) is 0 Å². The predicted octanol–water partition coefficient (Wildman–Crippen LogP) is 22.8. The van der Waals surface area contributed by atoms with Gasteiger partial charge in [0.25, 0.3) is 6.71 Å². The van der Waals surface area contributed by atoms with E-state index in [2.05, 4.69) is 298 Å². The van der Waals surface area contributed by atoms with Gasteiger partial charge in [-0.2, -0.15) is 0 Å². The molecule has 1 aliphatic heterocycles. The fourth-order valence-corrected chi connectivity index (χ4v) is 17.2. The maximum atomic E-state index is 6.18. The average Bonchev–Trinajstić information content (AvgIpc) is 1.55. The van der Waals surface area contributed by atoms with Crippen LogP contribution in [0.4, 0.5) is 0 Å². The summed E-state index contributed by atoms with van der Waals surface area (Å²) >= 11 is 0. The minimum absolute atomic E-state index is 0.175. The van der Waals surface area contributed by atoms with Gasteiger partial charge in [0.1, 0.15) is 11.2 Å². The number of aromatic nitrogens is 7. The van der Waals surface area contributed by atoms with E-state index in [1.807, 2.05) is 79.0 Å². The van der Waals surface area contributed by atoms with E-state index in [1.54, 1.807) is 0 Å². The topological polar surface area (TPSA) is 78.4 Å². The molecule has 0 unspecified atom stereocenters. The molecule has 0 aliphatic carbocycles. The van der Waals surface area contributed by atoms with Gasteiger partial charge in [-0.15, -0.1) is 0 Å². The van der Waals surface area contributed by atoms with Crippen LogP contribution in [0.15, 0.2) is 369 Å². The first-order valence-electron chi connectivity index (χ1n) is 36.4. The van der Waals surface area contributed by atoms with Crippen molar-refractivity contribution in [2.45, 2.75) is 0 Å². The third-order valence-corrected chi connectivity index (χ3v) is 22.0. The molecule has 0 saturated heterocycles. The first-order valence-corrected chi connectivity index (χ1v) is 36.4. The lowest BCUT2D eigenvalue weighted by Crippen LogP contribution is -2.50. The Hall–Kier alpha value is -14.3. The van der Waals surface area contributed by atoms with E-state index < -0.39 is 0 Å². The molecule has 0 fully saturated rings. The third kappa shape index (κ3) is 9.57. The van der Waals surface area contributed by atoms with Crippen molar-refractivity contribution in [3.05, 3.63) is 364 Å². The summed E-state index contributed by atoms with van der Waals surface area (Å²) in [7, 11) is 0. The van der Waals surface area contributed by atoms with Crippen LogP contribution in [0.3, 0.4) is 0 Å². The number of rotatable bonds is 7. The Balaban J connectivity index is 0.000000100. The molecule has 23 aromatic rings. The lowest BCUT2D eigenvalue weighted by molar-refractivity contribution is 0.669. The second kappa shape index (κ2) is 24.2. The molecule has 9 heteroatoms. The van der Waals surface area contributed by atoms with Crippen molar-refractivity contribution < 1.29 is 4.42 Å². The Morgan fingerprint density at radius 1 is 0.252 bits per heavy atom. The van der Waals surface area contributed by atoms with Gasteiger partial charge in [-0.3, -0.25) is 4.98 Å². The van der Waals surface area contributed by atoms with Crippen molar-refractivity contribution in [1.29, 1.82) is 0 Å². The molecule has 0 amide bonds. The summed E-state index contributed by atoms with van der Waals surface area (Å²) in [6, 6.07) is 127. The minimum atomic E-state index is 0.175. The van der Waals surface area contributed by atoms with E-state index in [0.717, 1.165) is 50.1 Å². The lowest BCUT2D eigenvalue weighted by Gasteiger charge is -2.11. The zero-order chi connectivity index (χ0) is 70.2. The first kappa shape index (κ1) is 60.3. The van der Waals surface area contributed by atoms with Crippen LogP contribution in [0.25, 0.3) is 193 Å². The van der Waals surface area contributed by atoms with Gasteiger partial charge in [0, 0.05) is 104 Å². The molecule has 9 heterocycles. The second-order valence-corrected chi connectivity index (χ2v) is 27.9. The van der Waals surface area contributed by atoms with E-state index in [4.69, 9.17) is 24.4 Å². The van der Waals surface area contributed by atoms with E-state index >= 15 is 0 Å². The van der Waals surface area contributed by atoms with Gasteiger partial charge in [-0.1, -0.05) is 272 Å². The van der Waals surface area contributed by atoms with Crippen LogP contribution in [-0.2, 0) is 0 Å². The molecule has 0 N–H and O–H groups in total. The molecule has 107 heavy (non-hydrogen) atoms. The van der Waals surface area contributed by atoms with Crippen molar-refractivity contribution in [3.8, 4) is 73.2 Å². The molecular weight excluding hydrogens is 1300 g/mol. The fraction of sp³-hybridized carbons (Fsp3) is 0. The zero-order valence-corrected chi connectivity index (χ0v) is 57.8. The number of benzene rings is 15. The number of hydrogen-bond donors (Lipinski definition) is 0. The van der Waals surface area contributed by atoms with Crippen LogP contribution in [0.5, 0.6) is 0 Å². The minimum Gasteiger partial charge on any atom is -0.456 e. The van der Waals surface area contributed by atoms with Crippen molar-refractivity contribution in [2.24, 2.45) is 0 Å². The first-order chi connectivity index (χ1) is 53.1. The van der Waals surface area contributed by atoms with E-state index in [9.17, 15) is 0 Å². The SMILES string of the molecule is c1ccc(-c2nc(-c3ccccc3)nc(-c3cc4c5ccccc5n5c6ccccc6c(c3)c45)n2)cc1.c1ccc(B2c3ccccc3-c3cc(-c4ccc(-n5c6ccccc6c6ccccc65)cc4)cnc32)cc1.c1ccc2c(c1)oc1cc(-c3cc4c5ccccc5n5c6ccccc6c(c3)c45)ccc12. The van der Waals surface area contributed by atoms with Crippen molar-refractivity contribution in [1.82, 2.24) is 33.3 Å². The van der Waals surface area contributed by atoms with Crippen LogP contribution < -0.4 is 16.5 Å². The van der Waals surface area contributed by atoms with Gasteiger partial charge < -0.3 is 17.8 Å². The van der Waals surface area contributed by atoms with Gasteiger partial charge in [0.05, 0.1) is 44.1 Å². The number of fused-ring (bicyclic) bond motifs is 21. The van der Waals surface area contributed by atoms with E-state index in [0.29, 0.717) is 17.5 Å². The Morgan fingerprint density at radius 3 is 1.18 bits per heavy atom. The summed E-state index contributed by atoms with van der Waals surface area (Å²) in [5.74, 6) is 2.01. The van der Waals surface area contributed by atoms with E-state index in [-0.39, 0.29) is 6.71 Å². The highest BCUT2D eigenvalue weighted by Crippen LogP contribution is 2.45. The summed E-state index contributed by atoms with van der Waals surface area (Å²) in [5.41, 5.74) is 26.9. The van der Waals surface area contributed by atoms with Gasteiger partial charge in [-0.25, -0.2) is 15.0 Å². The van der Waals surface area contributed by atoms with Crippen LogP contribution in [-0.4, -0.2) is 40.0 Å². The highest BCUT2D eigenvalue weighted by Gasteiger charge is 2.35. The maximum Gasteiger partial charge on any atom is 0.266 e. The highest BCUT2D eigenvalue weighted by molar-refractivity contribution is 6.98. The molecule has 0 saturated carbocycles. The Kier molecular flexibility index (Phi) is 13.6. The third-order valence-electron chi connectivity index (χ3n) is 22.0. The fourth-order valence-electron chi connectivity index (χ4n) is 17.2. The molecule has 8 nitrogen and oxygen atoms in total. The summed E-state index contributed by atoms with van der Waals surface area (Å²) in [4.78, 5) is 19.9. The molecule has 8 aromatic heterocycles. The number of nitrogens with zero attached hydrogens (tertiary/aromatic N) is 7. The molecule has 496 valence electrons. The van der Waals surface area contributed by atoms with Crippen molar-refractivity contribution >= 4 is 143 Å². The maximum absolute atomic E-state index is 6.18. The normalized spacial score (nSPS) is 12.1. The predicted molar refractivity (Wildman–Crippen MR) is 445 cm³/mol. The summed E-state index contributed by atoms with van der Waals surface area (Å²) in [6.07, 6.45) is 2.04. The van der Waals surface area contributed by atoms with Gasteiger partial charge in [0.15, 0.2) is 17.5 Å². The lowest BCUT2D eigenvalue weighted by atomic mass is 9.40. The number of pyridine rings is 1. The monoisotopic (exact) mass is 1360 g/mol. The standard InChI is InChI=1S/C35H23BN2.C33H20N4.C30H17NO/c1-2-10-26(11-3-1)36-32-15-7-4-12-28(32)31-22-25(23-37-35(31)36)24-18-20-27(21-19-24)38-33-16-8-5-13-29(33)30-14-6-9-17-34(30)38;1-3-11-21(12-4-1)31-34-32(22-13-5-2-6-14-22)36-33(35-31)23-19-26-24-15-7-9-17-28(24)37-29-18-10-8-16-25(29)27(20-23)30(26)37;1-4-10-26-20(7-1)24-15-19(16-25-21-8-2-5-11-27(21)31(26)30(24)25)18-13-14-23-22-9-3-6-12-28(22)32-29(23)17-18/h1-23H;1-20H;1-17H. The molecule has 15 aromatic carbocycles. The Labute approximate surface area is 614 Å². The largest absolute Gasteiger partial charge is 0.456 e. The quantitative estimate of drug-likeness (QED) is 0.149. The number of para-hydroxylation sites is 7. The van der Waals surface area contributed by atoms with Crippen LogP contribution in [0.1, 0.15) is 0 Å². The highest BCUT2D eigenvalue weighted by atomic mass is 16.3. The summed E-state index contributed by atoms with van der Waals surface area (Å²) in [5, 5.41) is 15.0. The smallest absolute Gasteiger partial charge is 0.266 e. The molecule has 0 bridgehead atoms. The van der Waals surface area contributed by atoms with Gasteiger partial charge in [-0.05, 0) is 125 Å². The molecule has 0 radical (unpaired) electrons. The number of furan rings is 1. The van der Waals surface area contributed by atoms with Crippen molar-refractivity contribution in [3.63, 3.8) is 0 Å². The average molecular weight is 1360 g/mol. The van der Waals surface area contributed by atoms with Crippen LogP contribution in [0, 0.1) is 0 Å². The molecule has 0 spiro atoms. The molecular formula is C98H60BN7O. The Morgan fingerprint density at radius 2 is 0.654 bits per heavy atom. The van der Waals surface area contributed by atoms with Gasteiger partial charge in [0.2, 0.25) is 0 Å². The molecule has 1 aliphatic rings. The summed E-state index contributed by atoms with van der Waals surface area (Å²) < 4.78 is 13.3. The van der Waals surface area contributed by atoms with Gasteiger partial charge >= 0.3 is 0 Å².